The number of alkyl halides is 3. The van der Waals surface area contributed by atoms with Crippen LogP contribution in [0.3, 0.4) is 0 Å². The van der Waals surface area contributed by atoms with Gasteiger partial charge in [0.15, 0.2) is 0 Å². The molecular formula is C22H18BrCl3N2O3S. The summed E-state index contributed by atoms with van der Waals surface area (Å²) in [7, 11) is 0. The Bertz CT molecular complexity index is 1090. The Morgan fingerprint density at radius 3 is 2.34 bits per heavy atom. The highest BCUT2D eigenvalue weighted by Gasteiger charge is 2.36. The number of thiophene rings is 1. The molecular weight excluding hydrogens is 559 g/mol. The van der Waals surface area contributed by atoms with Gasteiger partial charge in [-0.3, -0.25) is 4.79 Å². The van der Waals surface area contributed by atoms with Crippen molar-refractivity contribution in [3.63, 3.8) is 0 Å². The molecule has 32 heavy (non-hydrogen) atoms. The Balaban J connectivity index is 1.94. The van der Waals surface area contributed by atoms with Crippen molar-refractivity contribution in [1.82, 2.24) is 5.32 Å². The minimum atomic E-state index is -1.91. The van der Waals surface area contributed by atoms with Crippen molar-refractivity contribution in [2.24, 2.45) is 0 Å². The number of ether oxygens (including phenoxy) is 1. The lowest BCUT2D eigenvalue weighted by molar-refractivity contribution is 0.0529. The van der Waals surface area contributed by atoms with Gasteiger partial charge in [0.1, 0.15) is 16.7 Å². The van der Waals surface area contributed by atoms with E-state index in [4.69, 9.17) is 39.5 Å². The van der Waals surface area contributed by atoms with Crippen LogP contribution in [0.5, 0.6) is 0 Å². The fourth-order valence-corrected chi connectivity index (χ4v) is 4.43. The molecule has 0 aliphatic carbocycles. The monoisotopic (exact) mass is 574 g/mol. The summed E-state index contributed by atoms with van der Waals surface area (Å²) in [6.07, 6.45) is -1.13. The number of rotatable bonds is 7. The maximum absolute atomic E-state index is 12.8. The standard InChI is InChI=1S/C22H18BrCl3N2O3S/c1-2-31-20(30)17-16(13-6-4-3-5-7-13)12-32-19(17)28-21(22(24,25)26)27-18(29)14-8-10-15(23)11-9-14/h3-12,21,28H,2H2,1H3,(H,27,29)/t21-/m0/s1. The number of halogens is 4. The number of hydrogen-bond acceptors (Lipinski definition) is 5. The van der Waals surface area contributed by atoms with Gasteiger partial charge in [-0.05, 0) is 36.8 Å². The van der Waals surface area contributed by atoms with E-state index in [0.717, 1.165) is 10.0 Å². The van der Waals surface area contributed by atoms with E-state index in [1.165, 1.54) is 11.3 Å². The quantitative estimate of drug-likeness (QED) is 0.183. The molecule has 1 aromatic heterocycles. The zero-order valence-corrected chi connectivity index (χ0v) is 21.4. The van der Waals surface area contributed by atoms with Crippen LogP contribution in [0.15, 0.2) is 64.5 Å². The van der Waals surface area contributed by atoms with Crippen LogP contribution in [0.4, 0.5) is 5.00 Å². The van der Waals surface area contributed by atoms with E-state index in [1.54, 1.807) is 31.2 Å². The molecule has 3 aromatic rings. The van der Waals surface area contributed by atoms with Crippen molar-refractivity contribution < 1.29 is 14.3 Å². The molecule has 0 fully saturated rings. The van der Waals surface area contributed by atoms with Crippen molar-refractivity contribution in [1.29, 1.82) is 0 Å². The minimum absolute atomic E-state index is 0.205. The third-order valence-corrected chi connectivity index (χ3v) is 6.43. The van der Waals surface area contributed by atoms with E-state index in [1.807, 2.05) is 35.7 Å². The molecule has 1 heterocycles. The van der Waals surface area contributed by atoms with E-state index >= 15 is 0 Å². The van der Waals surface area contributed by atoms with Crippen LogP contribution in [0.2, 0.25) is 0 Å². The van der Waals surface area contributed by atoms with Gasteiger partial charge in [-0.15, -0.1) is 11.3 Å². The maximum atomic E-state index is 12.8. The van der Waals surface area contributed by atoms with Crippen LogP contribution in [-0.4, -0.2) is 28.4 Å². The number of amides is 1. The lowest BCUT2D eigenvalue weighted by atomic mass is 10.0. The number of esters is 1. The smallest absolute Gasteiger partial charge is 0.341 e. The highest BCUT2D eigenvalue weighted by atomic mass is 79.9. The maximum Gasteiger partial charge on any atom is 0.341 e. The molecule has 0 saturated carbocycles. The van der Waals surface area contributed by atoms with Crippen LogP contribution in [-0.2, 0) is 4.74 Å². The van der Waals surface area contributed by atoms with Crippen molar-refractivity contribution >= 4 is 78.9 Å². The molecule has 10 heteroatoms. The first-order valence-electron chi connectivity index (χ1n) is 9.44. The number of benzene rings is 2. The van der Waals surface area contributed by atoms with E-state index in [9.17, 15) is 9.59 Å². The van der Waals surface area contributed by atoms with Crippen molar-refractivity contribution in [3.8, 4) is 11.1 Å². The third kappa shape index (κ3) is 6.17. The van der Waals surface area contributed by atoms with E-state index in [2.05, 4.69) is 26.6 Å². The number of carbonyl (C=O) groups excluding carboxylic acids is 2. The van der Waals surface area contributed by atoms with Crippen LogP contribution in [0.25, 0.3) is 11.1 Å². The molecule has 1 amide bonds. The fraction of sp³-hybridized carbons (Fsp3) is 0.182. The molecule has 0 unspecified atom stereocenters. The van der Waals surface area contributed by atoms with Crippen LogP contribution in [0.1, 0.15) is 27.6 Å². The summed E-state index contributed by atoms with van der Waals surface area (Å²) >= 11 is 23.0. The van der Waals surface area contributed by atoms with Gasteiger partial charge in [0.25, 0.3) is 5.91 Å². The van der Waals surface area contributed by atoms with Crippen LogP contribution in [0, 0.1) is 0 Å². The molecule has 0 bridgehead atoms. The Kier molecular flexibility index (Phi) is 8.47. The Hall–Kier alpha value is -1.77. The Labute approximate surface area is 213 Å². The number of carbonyl (C=O) groups is 2. The van der Waals surface area contributed by atoms with Gasteiger partial charge in [-0.25, -0.2) is 4.79 Å². The van der Waals surface area contributed by atoms with Crippen LogP contribution >= 0.6 is 62.1 Å². The van der Waals surface area contributed by atoms with E-state index in [0.29, 0.717) is 21.7 Å². The van der Waals surface area contributed by atoms with Gasteiger partial charge >= 0.3 is 5.97 Å². The van der Waals surface area contributed by atoms with Gasteiger partial charge in [-0.1, -0.05) is 81.1 Å². The zero-order chi connectivity index (χ0) is 23.3. The highest BCUT2D eigenvalue weighted by molar-refractivity contribution is 9.10. The molecule has 2 aromatic carbocycles. The Morgan fingerprint density at radius 1 is 1.09 bits per heavy atom. The number of nitrogens with one attached hydrogen (secondary N) is 2. The van der Waals surface area contributed by atoms with Crippen molar-refractivity contribution in [2.45, 2.75) is 16.9 Å². The van der Waals surface area contributed by atoms with E-state index < -0.39 is 21.8 Å². The molecule has 0 aliphatic rings. The summed E-state index contributed by atoms with van der Waals surface area (Å²) < 4.78 is 4.18. The predicted octanol–water partition coefficient (Wildman–Crippen LogP) is 6.89. The zero-order valence-electron chi connectivity index (χ0n) is 16.7. The highest BCUT2D eigenvalue weighted by Crippen LogP contribution is 2.39. The molecule has 0 aliphatic heterocycles. The summed E-state index contributed by atoms with van der Waals surface area (Å²) in [5.74, 6) is -0.962. The predicted molar refractivity (Wildman–Crippen MR) is 135 cm³/mol. The van der Waals surface area contributed by atoms with Gasteiger partial charge < -0.3 is 15.4 Å². The summed E-state index contributed by atoms with van der Waals surface area (Å²) in [6, 6.07) is 16.1. The first kappa shape index (κ1) is 24.9. The largest absolute Gasteiger partial charge is 0.462 e. The number of anilines is 1. The third-order valence-electron chi connectivity index (χ3n) is 4.34. The minimum Gasteiger partial charge on any atom is -0.462 e. The number of hydrogen-bond donors (Lipinski definition) is 2. The first-order valence-corrected chi connectivity index (χ1v) is 12.2. The molecule has 0 spiro atoms. The fourth-order valence-electron chi connectivity index (χ4n) is 2.85. The summed E-state index contributed by atoms with van der Waals surface area (Å²) in [5.41, 5.74) is 2.21. The molecule has 0 saturated heterocycles. The van der Waals surface area contributed by atoms with Crippen LogP contribution < -0.4 is 10.6 Å². The second-order valence-electron chi connectivity index (χ2n) is 6.54. The molecule has 5 nitrogen and oxygen atoms in total. The van der Waals surface area contributed by atoms with Crippen molar-refractivity contribution in [2.75, 3.05) is 11.9 Å². The van der Waals surface area contributed by atoms with Gasteiger partial charge in [0.2, 0.25) is 3.79 Å². The molecule has 0 radical (unpaired) electrons. The lowest BCUT2D eigenvalue weighted by Crippen LogP contribution is -2.49. The second-order valence-corrected chi connectivity index (χ2v) is 10.7. The Morgan fingerprint density at radius 2 is 1.75 bits per heavy atom. The van der Waals surface area contributed by atoms with Gasteiger partial charge in [-0.2, -0.15) is 0 Å². The molecule has 1 atom stereocenters. The second kappa shape index (κ2) is 10.9. The average molecular weight is 577 g/mol. The molecule has 2 N–H and O–H groups in total. The lowest BCUT2D eigenvalue weighted by Gasteiger charge is -2.27. The van der Waals surface area contributed by atoms with E-state index in [-0.39, 0.29) is 6.61 Å². The van der Waals surface area contributed by atoms with Crippen molar-refractivity contribution in [3.05, 3.63) is 75.6 Å². The molecule has 168 valence electrons. The summed E-state index contributed by atoms with van der Waals surface area (Å²) in [6.45, 7) is 1.93. The topological polar surface area (TPSA) is 67.4 Å². The normalized spacial score (nSPS) is 12.2. The van der Waals surface area contributed by atoms with Gasteiger partial charge in [0.05, 0.1) is 6.61 Å². The van der Waals surface area contributed by atoms with Gasteiger partial charge in [0, 0.05) is 21.0 Å². The molecule has 3 rings (SSSR count). The first-order chi connectivity index (χ1) is 15.2. The average Bonchev–Trinajstić information content (AvgIpc) is 3.17. The summed E-state index contributed by atoms with van der Waals surface area (Å²) in [4.78, 5) is 25.5. The SMILES string of the molecule is CCOC(=O)c1c(-c2ccccc2)csc1N[C@H](NC(=O)c1ccc(Br)cc1)C(Cl)(Cl)Cl. The summed E-state index contributed by atoms with van der Waals surface area (Å²) in [5, 5.41) is 7.92.